The number of ether oxygens (including phenoxy) is 1. The summed E-state index contributed by atoms with van der Waals surface area (Å²) < 4.78 is 8.04. The van der Waals surface area contributed by atoms with Crippen molar-refractivity contribution in [2.45, 2.75) is 26.9 Å². The molecule has 3 aromatic heterocycles. The first-order valence-electron chi connectivity index (χ1n) is 10.8. The number of pyridine rings is 2. The predicted molar refractivity (Wildman–Crippen MR) is 128 cm³/mol. The molecule has 6 heteroatoms. The van der Waals surface area contributed by atoms with E-state index in [0.29, 0.717) is 28.0 Å². The number of hydrogen-bond donors (Lipinski definition) is 1. The van der Waals surface area contributed by atoms with Crippen LogP contribution in [0.3, 0.4) is 0 Å². The zero-order valence-electron chi connectivity index (χ0n) is 18.6. The maximum atomic E-state index is 12.4. The molecule has 164 valence electrons. The molecule has 0 fully saturated rings. The molecule has 6 nitrogen and oxygen atoms in total. The molecule has 3 heterocycles. The molecule has 0 bridgehead atoms. The quantitative estimate of drug-likeness (QED) is 0.365. The van der Waals surface area contributed by atoms with Gasteiger partial charge in [-0.25, -0.2) is 14.3 Å². The Labute approximate surface area is 191 Å². The number of aryl methyl sites for hydroxylation is 2. The summed E-state index contributed by atoms with van der Waals surface area (Å²) in [4.78, 5) is 17.2. The highest BCUT2D eigenvalue weighted by Crippen LogP contribution is 2.36. The normalized spacial score (nSPS) is 12.2. The third kappa shape index (κ3) is 3.59. The second-order valence-electron chi connectivity index (χ2n) is 8.14. The summed E-state index contributed by atoms with van der Waals surface area (Å²) in [5.41, 5.74) is 5.71. The second kappa shape index (κ2) is 8.06. The molecule has 2 aromatic carbocycles. The van der Waals surface area contributed by atoms with Crippen LogP contribution in [0.4, 0.5) is 0 Å². The fourth-order valence-electron chi connectivity index (χ4n) is 4.18. The molecule has 0 aliphatic carbocycles. The SMILES string of the molecule is Cc1ccc(OC(C)c2ccccc2)c2c(C(=O)O)cc(-c3nn4ccccc4c3C)nc12. The fourth-order valence-corrected chi connectivity index (χ4v) is 4.18. The van der Waals surface area contributed by atoms with E-state index in [1.165, 1.54) is 0 Å². The van der Waals surface area contributed by atoms with Crippen molar-refractivity contribution in [2.75, 3.05) is 0 Å². The average Bonchev–Trinajstić information content (AvgIpc) is 3.17. The average molecular weight is 437 g/mol. The molecule has 33 heavy (non-hydrogen) atoms. The minimum Gasteiger partial charge on any atom is -0.485 e. The van der Waals surface area contributed by atoms with E-state index in [1.54, 1.807) is 10.6 Å². The number of fused-ring (bicyclic) bond motifs is 2. The summed E-state index contributed by atoms with van der Waals surface area (Å²) in [6.45, 7) is 5.84. The Balaban J connectivity index is 1.70. The maximum Gasteiger partial charge on any atom is 0.336 e. The molecular weight excluding hydrogens is 414 g/mol. The highest BCUT2D eigenvalue weighted by Gasteiger charge is 2.22. The van der Waals surface area contributed by atoms with Gasteiger partial charge in [-0.1, -0.05) is 42.5 Å². The van der Waals surface area contributed by atoms with E-state index in [-0.39, 0.29) is 11.7 Å². The second-order valence-corrected chi connectivity index (χ2v) is 8.14. The van der Waals surface area contributed by atoms with E-state index in [4.69, 9.17) is 9.72 Å². The van der Waals surface area contributed by atoms with E-state index in [1.807, 2.05) is 87.6 Å². The van der Waals surface area contributed by atoms with Gasteiger partial charge < -0.3 is 9.84 Å². The summed E-state index contributed by atoms with van der Waals surface area (Å²) in [5.74, 6) is -0.539. The van der Waals surface area contributed by atoms with Crippen LogP contribution in [0.2, 0.25) is 0 Å². The first kappa shape index (κ1) is 20.7. The zero-order chi connectivity index (χ0) is 23.1. The van der Waals surface area contributed by atoms with Crippen LogP contribution in [-0.4, -0.2) is 25.7 Å². The third-order valence-electron chi connectivity index (χ3n) is 5.96. The van der Waals surface area contributed by atoms with Crippen LogP contribution in [0.25, 0.3) is 27.8 Å². The van der Waals surface area contributed by atoms with Gasteiger partial charge in [0.05, 0.1) is 27.7 Å². The van der Waals surface area contributed by atoms with Crippen LogP contribution in [0.5, 0.6) is 5.75 Å². The van der Waals surface area contributed by atoms with Crippen molar-refractivity contribution in [3.8, 4) is 17.1 Å². The molecule has 1 atom stereocenters. The third-order valence-corrected chi connectivity index (χ3v) is 5.96. The first-order valence-corrected chi connectivity index (χ1v) is 10.8. The van der Waals surface area contributed by atoms with E-state index < -0.39 is 5.97 Å². The van der Waals surface area contributed by atoms with Crippen LogP contribution in [0, 0.1) is 13.8 Å². The van der Waals surface area contributed by atoms with Crippen LogP contribution in [0.15, 0.2) is 72.9 Å². The Morgan fingerprint density at radius 3 is 2.52 bits per heavy atom. The van der Waals surface area contributed by atoms with Crippen LogP contribution >= 0.6 is 0 Å². The molecule has 1 unspecified atom stereocenters. The van der Waals surface area contributed by atoms with Crippen LogP contribution in [0.1, 0.15) is 40.1 Å². The molecule has 0 spiro atoms. The molecule has 0 saturated carbocycles. The molecule has 1 N–H and O–H groups in total. The summed E-state index contributed by atoms with van der Waals surface area (Å²) >= 11 is 0. The van der Waals surface area contributed by atoms with E-state index in [2.05, 4.69) is 5.10 Å². The van der Waals surface area contributed by atoms with E-state index in [0.717, 1.165) is 22.2 Å². The molecular formula is C27H23N3O3. The van der Waals surface area contributed by atoms with E-state index >= 15 is 0 Å². The molecule has 5 rings (SSSR count). The summed E-state index contributed by atoms with van der Waals surface area (Å²) in [6.07, 6.45) is 1.62. The smallest absolute Gasteiger partial charge is 0.336 e. The van der Waals surface area contributed by atoms with Gasteiger partial charge in [0, 0.05) is 11.8 Å². The van der Waals surface area contributed by atoms with Crippen LogP contribution in [-0.2, 0) is 0 Å². The lowest BCUT2D eigenvalue weighted by Gasteiger charge is -2.18. The Hall–Kier alpha value is -4.19. The number of rotatable bonds is 5. The van der Waals surface area contributed by atoms with Crippen molar-refractivity contribution in [1.29, 1.82) is 0 Å². The van der Waals surface area contributed by atoms with Crippen molar-refractivity contribution in [3.05, 3.63) is 95.2 Å². The Morgan fingerprint density at radius 1 is 1.03 bits per heavy atom. The van der Waals surface area contributed by atoms with Gasteiger partial charge in [0.15, 0.2) is 0 Å². The van der Waals surface area contributed by atoms with Gasteiger partial charge in [-0.2, -0.15) is 5.10 Å². The van der Waals surface area contributed by atoms with Crippen molar-refractivity contribution < 1.29 is 14.6 Å². The number of carboxylic acids is 1. The number of benzene rings is 2. The Morgan fingerprint density at radius 2 is 1.79 bits per heavy atom. The molecule has 0 aliphatic rings. The van der Waals surface area contributed by atoms with Gasteiger partial charge in [0.25, 0.3) is 0 Å². The highest BCUT2D eigenvalue weighted by atomic mass is 16.5. The monoisotopic (exact) mass is 437 g/mol. The number of carboxylic acid groups (broad SMARTS) is 1. The van der Waals surface area contributed by atoms with Gasteiger partial charge >= 0.3 is 5.97 Å². The Bertz CT molecular complexity index is 1510. The number of aromatic carboxylic acids is 1. The number of carbonyl (C=O) groups is 1. The minimum absolute atomic E-state index is 0.144. The Kier molecular flexibility index (Phi) is 5.05. The predicted octanol–water partition coefficient (Wildman–Crippen LogP) is 6.00. The van der Waals surface area contributed by atoms with Gasteiger partial charge in [0.1, 0.15) is 17.5 Å². The van der Waals surface area contributed by atoms with Gasteiger partial charge in [-0.15, -0.1) is 0 Å². The van der Waals surface area contributed by atoms with Crippen molar-refractivity contribution in [3.63, 3.8) is 0 Å². The lowest BCUT2D eigenvalue weighted by molar-refractivity contribution is 0.0698. The number of aromatic nitrogens is 3. The molecule has 0 saturated heterocycles. The van der Waals surface area contributed by atoms with Crippen molar-refractivity contribution in [2.24, 2.45) is 0 Å². The highest BCUT2D eigenvalue weighted by molar-refractivity contribution is 6.07. The lowest BCUT2D eigenvalue weighted by Crippen LogP contribution is -2.07. The molecule has 0 amide bonds. The summed E-state index contributed by atoms with van der Waals surface area (Å²) in [7, 11) is 0. The number of nitrogens with zero attached hydrogens (tertiary/aromatic N) is 3. The van der Waals surface area contributed by atoms with Gasteiger partial charge in [-0.05, 0) is 56.2 Å². The standard InChI is InChI=1S/C27H23N3O3/c1-16-12-13-23(33-18(3)19-9-5-4-6-10-19)24-20(27(31)32)15-21(28-25(16)24)26-17(2)22-11-7-8-14-30(22)29-26/h4-15,18H,1-3H3,(H,31,32). The van der Waals surface area contributed by atoms with Gasteiger partial charge in [-0.3, -0.25) is 0 Å². The summed E-state index contributed by atoms with van der Waals surface area (Å²) in [6, 6.07) is 21.0. The molecule has 0 radical (unpaired) electrons. The van der Waals surface area contributed by atoms with Crippen LogP contribution < -0.4 is 4.74 Å². The molecule has 0 aliphatic heterocycles. The topological polar surface area (TPSA) is 76.7 Å². The minimum atomic E-state index is -1.03. The number of hydrogen-bond acceptors (Lipinski definition) is 4. The maximum absolute atomic E-state index is 12.4. The lowest BCUT2D eigenvalue weighted by atomic mass is 10.0. The van der Waals surface area contributed by atoms with Crippen molar-refractivity contribution >= 4 is 22.4 Å². The first-order chi connectivity index (χ1) is 15.9. The van der Waals surface area contributed by atoms with Crippen molar-refractivity contribution in [1.82, 2.24) is 14.6 Å². The molecule has 5 aromatic rings. The van der Waals surface area contributed by atoms with Gasteiger partial charge in [0.2, 0.25) is 0 Å². The van der Waals surface area contributed by atoms with E-state index in [9.17, 15) is 9.90 Å². The fraction of sp³-hybridized carbons (Fsp3) is 0.148. The summed E-state index contributed by atoms with van der Waals surface area (Å²) in [5, 5.41) is 15.3. The largest absolute Gasteiger partial charge is 0.485 e. The zero-order valence-corrected chi connectivity index (χ0v) is 18.6.